The molecule has 1 saturated heterocycles. The number of amides is 1. The molecule has 2 fully saturated rings. The van der Waals surface area contributed by atoms with Gasteiger partial charge in [0.25, 0.3) is 0 Å². The van der Waals surface area contributed by atoms with E-state index in [1.165, 1.54) is 0 Å². The molecule has 4 unspecified atom stereocenters. The minimum atomic E-state index is -0.647. The van der Waals surface area contributed by atoms with Crippen molar-refractivity contribution in [3.63, 3.8) is 0 Å². The number of hydrogen-bond acceptors (Lipinski definition) is 3. The Morgan fingerprint density at radius 3 is 2.37 bits per heavy atom. The van der Waals surface area contributed by atoms with E-state index in [-0.39, 0.29) is 35.7 Å². The van der Waals surface area contributed by atoms with E-state index in [1.807, 2.05) is 68.1 Å². The molecule has 4 nitrogen and oxygen atoms in total. The fraction of sp³-hybridized carbons (Fsp3) is 0.448. The zero-order chi connectivity index (χ0) is 25.3. The van der Waals surface area contributed by atoms with Crippen molar-refractivity contribution in [2.24, 2.45) is 11.8 Å². The molecule has 0 aromatic heterocycles. The molecule has 1 heterocycles. The van der Waals surface area contributed by atoms with E-state index in [9.17, 15) is 9.59 Å². The topological polar surface area (TPSA) is 46.6 Å². The summed E-state index contributed by atoms with van der Waals surface area (Å²) in [5.74, 6) is -0.599. The lowest BCUT2D eigenvalue weighted by Crippen LogP contribution is -2.56. The maximum Gasteiger partial charge on any atom is 0.329 e. The fourth-order valence-corrected chi connectivity index (χ4v) is 5.53. The van der Waals surface area contributed by atoms with Crippen LogP contribution in [0.5, 0.6) is 0 Å². The van der Waals surface area contributed by atoms with Gasteiger partial charge >= 0.3 is 5.97 Å². The maximum atomic E-state index is 14.1. The summed E-state index contributed by atoms with van der Waals surface area (Å²) in [5, 5.41) is 1.27. The number of likely N-dealkylation sites (tertiary alicyclic amines) is 1. The zero-order valence-corrected chi connectivity index (χ0v) is 22.1. The number of piperidine rings is 1. The highest BCUT2D eigenvalue weighted by Crippen LogP contribution is 2.50. The molecule has 1 saturated carbocycles. The molecule has 0 bridgehead atoms. The second kappa shape index (κ2) is 10.4. The van der Waals surface area contributed by atoms with Crippen LogP contribution in [0.3, 0.4) is 0 Å². The molecule has 1 aliphatic carbocycles. The molecule has 2 aliphatic rings. The van der Waals surface area contributed by atoms with Crippen LogP contribution in [0.25, 0.3) is 0 Å². The van der Waals surface area contributed by atoms with Crippen LogP contribution in [0.15, 0.2) is 61.2 Å². The van der Waals surface area contributed by atoms with Crippen molar-refractivity contribution >= 4 is 35.1 Å². The van der Waals surface area contributed by atoms with Gasteiger partial charge in [-0.25, -0.2) is 4.79 Å². The van der Waals surface area contributed by atoms with Gasteiger partial charge in [-0.3, -0.25) is 4.79 Å². The number of esters is 1. The highest BCUT2D eigenvalue weighted by Gasteiger charge is 2.52. The summed E-state index contributed by atoms with van der Waals surface area (Å²) in [5.41, 5.74) is 1.34. The highest BCUT2D eigenvalue weighted by molar-refractivity contribution is 6.30. The highest BCUT2D eigenvalue weighted by atomic mass is 35.5. The van der Waals surface area contributed by atoms with Crippen LogP contribution in [0.2, 0.25) is 10.0 Å². The second-order valence-corrected chi connectivity index (χ2v) is 11.5. The molecule has 35 heavy (non-hydrogen) atoms. The van der Waals surface area contributed by atoms with Gasteiger partial charge in [0.15, 0.2) is 0 Å². The molecular formula is C29H33Cl2NO3. The first kappa shape index (κ1) is 25.8. The lowest BCUT2D eigenvalue weighted by atomic mass is 9.74. The first-order chi connectivity index (χ1) is 16.6. The van der Waals surface area contributed by atoms with Crippen LogP contribution in [0.4, 0.5) is 0 Å². The first-order valence-electron chi connectivity index (χ1n) is 12.3. The van der Waals surface area contributed by atoms with Gasteiger partial charge < -0.3 is 9.64 Å². The predicted molar refractivity (Wildman–Crippen MR) is 141 cm³/mol. The van der Waals surface area contributed by atoms with E-state index in [0.29, 0.717) is 22.9 Å². The van der Waals surface area contributed by atoms with Gasteiger partial charge in [0.05, 0.1) is 6.04 Å². The Balaban J connectivity index is 1.87. The summed E-state index contributed by atoms with van der Waals surface area (Å²) < 4.78 is 5.87. The third kappa shape index (κ3) is 5.92. The third-order valence-corrected chi connectivity index (χ3v) is 7.27. The molecule has 4 atom stereocenters. The van der Waals surface area contributed by atoms with Crippen molar-refractivity contribution in [1.82, 2.24) is 4.90 Å². The average Bonchev–Trinajstić information content (AvgIpc) is 3.61. The standard InChI is InChI=1S/C29H33Cl2NO3/c1-5-7-21-17-24(20-8-6-9-23(31)16-20)25(18-12-14-22(30)15-13-18)32(27(21)33)26(19-10-11-19)28(34)35-29(2,3)4/h5-6,8-9,12-16,19,21,24-26H,1,7,10-11,17H2,2-4H3. The Bertz CT molecular complexity index is 1090. The Morgan fingerprint density at radius 2 is 1.80 bits per heavy atom. The van der Waals surface area contributed by atoms with Crippen LogP contribution in [0, 0.1) is 11.8 Å². The van der Waals surface area contributed by atoms with E-state index in [1.54, 1.807) is 6.08 Å². The van der Waals surface area contributed by atoms with Gasteiger partial charge in [-0.2, -0.15) is 0 Å². The molecular weight excluding hydrogens is 481 g/mol. The maximum absolute atomic E-state index is 14.1. The monoisotopic (exact) mass is 513 g/mol. The Hall–Kier alpha value is -2.30. The Morgan fingerprint density at radius 1 is 1.11 bits per heavy atom. The molecule has 1 aliphatic heterocycles. The minimum absolute atomic E-state index is 0.0223. The van der Waals surface area contributed by atoms with Gasteiger partial charge in [-0.15, -0.1) is 6.58 Å². The average molecular weight is 514 g/mol. The van der Waals surface area contributed by atoms with Crippen molar-refractivity contribution in [2.75, 3.05) is 0 Å². The van der Waals surface area contributed by atoms with Crippen LogP contribution < -0.4 is 0 Å². The summed E-state index contributed by atoms with van der Waals surface area (Å²) in [6.07, 6.45) is 4.77. The number of benzene rings is 2. The van der Waals surface area contributed by atoms with Gasteiger partial charge in [0, 0.05) is 21.9 Å². The molecule has 4 rings (SSSR count). The zero-order valence-electron chi connectivity index (χ0n) is 20.5. The van der Waals surface area contributed by atoms with Crippen LogP contribution in [-0.2, 0) is 14.3 Å². The van der Waals surface area contributed by atoms with Gasteiger partial charge in [0.2, 0.25) is 5.91 Å². The number of rotatable bonds is 7. The van der Waals surface area contributed by atoms with Gasteiger partial charge in [-0.05, 0) is 87.8 Å². The smallest absolute Gasteiger partial charge is 0.329 e. The van der Waals surface area contributed by atoms with Crippen LogP contribution in [-0.4, -0.2) is 28.4 Å². The molecule has 2 aromatic rings. The normalized spacial score (nSPS) is 23.6. The largest absolute Gasteiger partial charge is 0.458 e. The summed E-state index contributed by atoms with van der Waals surface area (Å²) >= 11 is 12.6. The first-order valence-corrected chi connectivity index (χ1v) is 13.0. The van der Waals surface area contributed by atoms with Gasteiger partial charge in [0.1, 0.15) is 11.6 Å². The van der Waals surface area contributed by atoms with Crippen molar-refractivity contribution in [2.45, 2.75) is 70.1 Å². The lowest BCUT2D eigenvalue weighted by Gasteiger charge is -2.48. The Labute approximate surface area is 218 Å². The van der Waals surface area contributed by atoms with E-state index < -0.39 is 11.6 Å². The van der Waals surface area contributed by atoms with Gasteiger partial charge in [-0.1, -0.05) is 53.5 Å². The van der Waals surface area contributed by atoms with E-state index in [4.69, 9.17) is 27.9 Å². The third-order valence-electron chi connectivity index (χ3n) is 6.78. The lowest BCUT2D eigenvalue weighted by molar-refractivity contribution is -0.171. The minimum Gasteiger partial charge on any atom is -0.458 e. The molecule has 6 heteroatoms. The summed E-state index contributed by atoms with van der Waals surface area (Å²) in [4.78, 5) is 29.5. The van der Waals surface area contributed by atoms with Crippen molar-refractivity contribution < 1.29 is 14.3 Å². The molecule has 186 valence electrons. The summed E-state index contributed by atoms with van der Waals surface area (Å²) in [6, 6.07) is 14.4. The number of carbonyl (C=O) groups is 2. The number of carbonyl (C=O) groups excluding carboxylic acids is 2. The fourth-order valence-electron chi connectivity index (χ4n) is 5.20. The summed E-state index contributed by atoms with van der Waals surface area (Å²) in [6.45, 7) is 9.47. The van der Waals surface area contributed by atoms with Crippen molar-refractivity contribution in [3.05, 3.63) is 82.4 Å². The second-order valence-electron chi connectivity index (χ2n) is 10.7. The molecule has 0 radical (unpaired) electrons. The number of ether oxygens (including phenoxy) is 1. The molecule has 1 amide bonds. The number of halogens is 2. The SMILES string of the molecule is C=CCC1CC(c2cccc(Cl)c2)C(c2ccc(Cl)cc2)N(C(C(=O)OC(C)(C)C)C2CC2)C1=O. The molecule has 0 spiro atoms. The number of allylic oxidation sites excluding steroid dienone is 1. The van der Waals surface area contributed by atoms with E-state index >= 15 is 0 Å². The number of nitrogens with zero attached hydrogens (tertiary/aromatic N) is 1. The molecule has 2 aromatic carbocycles. The van der Waals surface area contributed by atoms with Crippen molar-refractivity contribution in [1.29, 1.82) is 0 Å². The predicted octanol–water partition coefficient (Wildman–Crippen LogP) is 7.36. The van der Waals surface area contributed by atoms with Crippen LogP contribution in [0.1, 0.15) is 69.5 Å². The van der Waals surface area contributed by atoms with Crippen LogP contribution >= 0.6 is 23.2 Å². The summed E-state index contributed by atoms with van der Waals surface area (Å²) in [7, 11) is 0. The quantitative estimate of drug-likeness (QED) is 0.286. The van der Waals surface area contributed by atoms with E-state index in [0.717, 1.165) is 24.0 Å². The Kier molecular flexibility index (Phi) is 7.63. The van der Waals surface area contributed by atoms with E-state index in [2.05, 4.69) is 12.6 Å². The molecule has 0 N–H and O–H groups in total. The van der Waals surface area contributed by atoms with Crippen molar-refractivity contribution in [3.8, 4) is 0 Å². The number of hydrogen-bond donors (Lipinski definition) is 0.